The van der Waals surface area contributed by atoms with Gasteiger partial charge < -0.3 is 5.32 Å². The van der Waals surface area contributed by atoms with E-state index in [9.17, 15) is 0 Å². The van der Waals surface area contributed by atoms with E-state index in [1.807, 2.05) is 0 Å². The molecule has 0 bridgehead atoms. The molecule has 0 amide bonds. The third-order valence-corrected chi connectivity index (χ3v) is 4.49. The van der Waals surface area contributed by atoms with Crippen LogP contribution in [-0.4, -0.2) is 13.1 Å². The summed E-state index contributed by atoms with van der Waals surface area (Å²) in [6, 6.07) is 10.9. The lowest BCUT2D eigenvalue weighted by Gasteiger charge is -2.28. The Labute approximate surface area is 126 Å². The van der Waals surface area contributed by atoms with Gasteiger partial charge in [-0.2, -0.15) is 0 Å². The van der Waals surface area contributed by atoms with Gasteiger partial charge in [0, 0.05) is 6.54 Å². The minimum Gasteiger partial charge on any atom is -0.316 e. The monoisotopic (exact) mass is 275 g/mol. The van der Waals surface area contributed by atoms with Crippen LogP contribution in [0.1, 0.15) is 53.0 Å². The molecule has 0 aliphatic carbocycles. The molecule has 1 atom stereocenters. The van der Waals surface area contributed by atoms with Crippen molar-refractivity contribution in [2.45, 2.75) is 47.5 Å². The molecule has 1 N–H and O–H groups in total. The highest BCUT2D eigenvalue weighted by Crippen LogP contribution is 2.24. The van der Waals surface area contributed by atoms with Crippen molar-refractivity contribution >= 4 is 0 Å². The van der Waals surface area contributed by atoms with Crippen LogP contribution in [0.2, 0.25) is 0 Å². The minimum atomic E-state index is 0.608. The molecule has 0 radical (unpaired) electrons. The summed E-state index contributed by atoms with van der Waals surface area (Å²) in [5.41, 5.74) is 1.46. The van der Waals surface area contributed by atoms with Gasteiger partial charge in [-0.1, -0.05) is 71.9 Å². The van der Waals surface area contributed by atoms with Gasteiger partial charge in [-0.3, -0.25) is 0 Å². The van der Waals surface area contributed by atoms with Gasteiger partial charge in [0.15, 0.2) is 0 Å². The Bertz CT molecular complexity index is 345. The number of rotatable bonds is 8. The highest BCUT2D eigenvalue weighted by Gasteiger charge is 2.19. The number of hydrogen-bond donors (Lipinski definition) is 1. The first-order valence-electron chi connectivity index (χ1n) is 8.19. The molecule has 20 heavy (non-hydrogen) atoms. The van der Waals surface area contributed by atoms with Crippen LogP contribution in [-0.2, 0) is 0 Å². The number of hydrogen-bond acceptors (Lipinski definition) is 1. The third-order valence-electron chi connectivity index (χ3n) is 4.49. The van der Waals surface area contributed by atoms with Crippen LogP contribution < -0.4 is 5.32 Å². The van der Waals surface area contributed by atoms with Crippen molar-refractivity contribution in [2.24, 2.45) is 23.7 Å². The molecule has 0 saturated carbocycles. The van der Waals surface area contributed by atoms with Gasteiger partial charge in [-0.15, -0.1) is 0 Å². The van der Waals surface area contributed by atoms with Gasteiger partial charge >= 0.3 is 0 Å². The van der Waals surface area contributed by atoms with E-state index in [-0.39, 0.29) is 0 Å². The molecule has 0 aliphatic rings. The second-order valence-electron chi connectivity index (χ2n) is 7.07. The van der Waals surface area contributed by atoms with Gasteiger partial charge in [-0.25, -0.2) is 0 Å². The van der Waals surface area contributed by atoms with Crippen LogP contribution in [0.15, 0.2) is 30.3 Å². The average molecular weight is 275 g/mol. The molecule has 114 valence electrons. The first-order chi connectivity index (χ1) is 9.43. The summed E-state index contributed by atoms with van der Waals surface area (Å²) in [5, 5.41) is 3.73. The Morgan fingerprint density at radius 1 is 0.750 bits per heavy atom. The molecule has 1 nitrogen and oxygen atoms in total. The maximum atomic E-state index is 3.73. The minimum absolute atomic E-state index is 0.608. The van der Waals surface area contributed by atoms with Crippen LogP contribution in [0, 0.1) is 23.7 Å². The van der Waals surface area contributed by atoms with E-state index in [2.05, 4.69) is 77.2 Å². The van der Waals surface area contributed by atoms with Crippen LogP contribution in [0.4, 0.5) is 0 Å². The van der Waals surface area contributed by atoms with Crippen LogP contribution in [0.3, 0.4) is 0 Å². The lowest BCUT2D eigenvalue weighted by molar-refractivity contribution is 0.271. The smallest absolute Gasteiger partial charge is 0.00227 e. The van der Waals surface area contributed by atoms with E-state index in [0.29, 0.717) is 11.8 Å². The van der Waals surface area contributed by atoms with Crippen LogP contribution in [0.5, 0.6) is 0 Å². The highest BCUT2D eigenvalue weighted by atomic mass is 14.9. The molecule has 0 heterocycles. The standard InChI is InChI=1S/C19H33N/c1-14(2)18(15(3)4)12-20-13-19(16(5)6)17-10-8-7-9-11-17/h7-11,14-16,18-20H,12-13H2,1-6H3. The van der Waals surface area contributed by atoms with E-state index < -0.39 is 0 Å². The summed E-state index contributed by atoms with van der Waals surface area (Å²) in [5.74, 6) is 3.53. The first kappa shape index (κ1) is 17.2. The quantitative estimate of drug-likeness (QED) is 0.708. The molecule has 0 aliphatic heterocycles. The van der Waals surface area contributed by atoms with E-state index >= 15 is 0 Å². The van der Waals surface area contributed by atoms with Crippen molar-refractivity contribution in [2.75, 3.05) is 13.1 Å². The van der Waals surface area contributed by atoms with Crippen molar-refractivity contribution in [1.82, 2.24) is 5.32 Å². The molecule has 1 heteroatoms. The average Bonchev–Trinajstić information content (AvgIpc) is 2.38. The fraction of sp³-hybridized carbons (Fsp3) is 0.684. The first-order valence-corrected chi connectivity index (χ1v) is 8.19. The zero-order chi connectivity index (χ0) is 15.1. The Hall–Kier alpha value is -0.820. The molecular formula is C19H33N. The van der Waals surface area contributed by atoms with E-state index in [4.69, 9.17) is 0 Å². The summed E-state index contributed by atoms with van der Waals surface area (Å²) in [7, 11) is 0. The molecule has 1 aromatic carbocycles. The summed E-state index contributed by atoms with van der Waals surface area (Å²) < 4.78 is 0. The van der Waals surface area contributed by atoms with Crippen molar-refractivity contribution in [3.63, 3.8) is 0 Å². The van der Waals surface area contributed by atoms with Crippen molar-refractivity contribution in [1.29, 1.82) is 0 Å². The fourth-order valence-electron chi connectivity index (χ4n) is 3.09. The Morgan fingerprint density at radius 2 is 1.30 bits per heavy atom. The summed E-state index contributed by atoms with van der Waals surface area (Å²) in [4.78, 5) is 0. The SMILES string of the molecule is CC(C)C(CNCC(C(C)C)C(C)C)c1ccccc1. The molecule has 1 rings (SSSR count). The van der Waals surface area contributed by atoms with Gasteiger partial charge in [0.1, 0.15) is 0 Å². The summed E-state index contributed by atoms with van der Waals surface area (Å²) in [6.45, 7) is 16.2. The third kappa shape index (κ3) is 5.28. The predicted octanol–water partition coefficient (Wildman–Crippen LogP) is 4.94. The molecule has 0 aromatic heterocycles. The fourth-order valence-corrected chi connectivity index (χ4v) is 3.09. The summed E-state index contributed by atoms with van der Waals surface area (Å²) in [6.07, 6.45) is 0. The highest BCUT2D eigenvalue weighted by molar-refractivity contribution is 5.20. The van der Waals surface area contributed by atoms with Crippen molar-refractivity contribution < 1.29 is 0 Å². The van der Waals surface area contributed by atoms with Gasteiger partial charge in [0.2, 0.25) is 0 Å². The normalized spacial score (nSPS) is 13.7. The molecule has 0 saturated heterocycles. The Balaban J connectivity index is 2.56. The lowest BCUT2D eigenvalue weighted by Crippen LogP contribution is -2.33. The zero-order valence-electron chi connectivity index (χ0n) is 14.2. The van der Waals surface area contributed by atoms with Crippen molar-refractivity contribution in [3.8, 4) is 0 Å². The topological polar surface area (TPSA) is 12.0 Å². The maximum Gasteiger partial charge on any atom is 0.00227 e. The Morgan fingerprint density at radius 3 is 1.75 bits per heavy atom. The molecular weight excluding hydrogens is 242 g/mol. The van der Waals surface area contributed by atoms with Gasteiger partial charge in [-0.05, 0) is 41.7 Å². The Kier molecular flexibility index (Phi) is 7.29. The van der Waals surface area contributed by atoms with E-state index in [1.54, 1.807) is 0 Å². The number of nitrogens with one attached hydrogen (secondary N) is 1. The number of benzene rings is 1. The lowest BCUT2D eigenvalue weighted by atomic mass is 9.84. The van der Waals surface area contributed by atoms with E-state index in [1.165, 1.54) is 5.56 Å². The van der Waals surface area contributed by atoms with Gasteiger partial charge in [0.05, 0.1) is 0 Å². The second kappa shape index (κ2) is 8.46. The molecule has 1 aromatic rings. The van der Waals surface area contributed by atoms with Crippen LogP contribution in [0.25, 0.3) is 0 Å². The zero-order valence-corrected chi connectivity index (χ0v) is 14.2. The predicted molar refractivity (Wildman–Crippen MR) is 90.1 cm³/mol. The largest absolute Gasteiger partial charge is 0.316 e. The summed E-state index contributed by atoms with van der Waals surface area (Å²) >= 11 is 0. The van der Waals surface area contributed by atoms with Gasteiger partial charge in [0.25, 0.3) is 0 Å². The second-order valence-corrected chi connectivity index (χ2v) is 7.07. The maximum absolute atomic E-state index is 3.73. The molecule has 0 fully saturated rings. The van der Waals surface area contributed by atoms with E-state index in [0.717, 1.165) is 30.8 Å². The molecule has 0 spiro atoms. The molecule has 1 unspecified atom stereocenters. The van der Waals surface area contributed by atoms with Crippen LogP contribution >= 0.6 is 0 Å². The van der Waals surface area contributed by atoms with Crippen molar-refractivity contribution in [3.05, 3.63) is 35.9 Å².